The van der Waals surface area contributed by atoms with Gasteiger partial charge in [0.25, 0.3) is 0 Å². The number of hydrogen-bond donors (Lipinski definition) is 0. The number of fused-ring (bicyclic) bond motifs is 2. The molecule has 0 amide bonds. The van der Waals surface area contributed by atoms with Crippen LogP contribution in [-0.4, -0.2) is 19.5 Å². The molecule has 0 bridgehead atoms. The third-order valence-corrected chi connectivity index (χ3v) is 5.73. The molecule has 0 unspecified atom stereocenters. The molecule has 3 aromatic heterocycles. The maximum absolute atomic E-state index is 13.9. The third kappa shape index (κ3) is 2.66. The number of nitrogens with zero attached hydrogens (tertiary/aromatic N) is 4. The summed E-state index contributed by atoms with van der Waals surface area (Å²) in [5.74, 6) is -0.962. The van der Waals surface area contributed by atoms with E-state index < -0.39 is 11.6 Å². The van der Waals surface area contributed by atoms with Gasteiger partial charge in [-0.3, -0.25) is 4.98 Å². The zero-order valence-electron chi connectivity index (χ0n) is 14.9. The van der Waals surface area contributed by atoms with Crippen molar-refractivity contribution in [1.82, 2.24) is 19.5 Å². The zero-order chi connectivity index (χ0) is 19.3. The van der Waals surface area contributed by atoms with E-state index in [1.165, 1.54) is 17.4 Å². The van der Waals surface area contributed by atoms with Gasteiger partial charge in [0.2, 0.25) is 0 Å². The van der Waals surface area contributed by atoms with E-state index in [0.29, 0.717) is 17.4 Å². The van der Waals surface area contributed by atoms with E-state index >= 15 is 0 Å². The summed E-state index contributed by atoms with van der Waals surface area (Å²) in [5, 5.41) is 0.589. The lowest BCUT2D eigenvalue weighted by atomic mass is 10.1. The van der Waals surface area contributed by atoms with Crippen molar-refractivity contribution in [3.05, 3.63) is 77.1 Å². The van der Waals surface area contributed by atoms with E-state index in [-0.39, 0.29) is 0 Å². The van der Waals surface area contributed by atoms with Crippen LogP contribution in [0.15, 0.2) is 54.2 Å². The normalized spacial score (nSPS) is 11.5. The first-order valence-corrected chi connectivity index (χ1v) is 9.58. The summed E-state index contributed by atoms with van der Waals surface area (Å²) >= 11 is 1.53. The number of pyridine rings is 1. The zero-order valence-corrected chi connectivity index (χ0v) is 15.7. The van der Waals surface area contributed by atoms with Crippen LogP contribution in [0.2, 0.25) is 0 Å². The second-order valence-electron chi connectivity index (χ2n) is 6.53. The monoisotopic (exact) mass is 392 g/mol. The van der Waals surface area contributed by atoms with E-state index in [9.17, 15) is 8.78 Å². The van der Waals surface area contributed by atoms with Crippen LogP contribution in [0.1, 0.15) is 11.3 Å². The molecule has 0 radical (unpaired) electrons. The number of thiazole rings is 1. The minimum atomic E-state index is -0.897. The molecule has 2 aromatic carbocycles. The number of aromatic nitrogens is 4. The van der Waals surface area contributed by atoms with Crippen molar-refractivity contribution >= 4 is 33.3 Å². The molecule has 0 N–H and O–H groups in total. The summed E-state index contributed by atoms with van der Waals surface area (Å²) in [4.78, 5) is 14.3. The summed E-state index contributed by atoms with van der Waals surface area (Å²) in [7, 11) is 0. The van der Waals surface area contributed by atoms with Gasteiger partial charge < -0.3 is 4.57 Å². The Bertz CT molecular complexity index is 1340. The molecular formula is C21H14F2N4S. The minimum Gasteiger partial charge on any atom is -0.319 e. The summed E-state index contributed by atoms with van der Waals surface area (Å²) < 4.78 is 29.6. The lowest BCUT2D eigenvalue weighted by molar-refractivity contribution is 0.510. The fraction of sp³-hybridized carbons (Fsp3) is 0.0952. The second-order valence-corrected chi connectivity index (χ2v) is 7.39. The van der Waals surface area contributed by atoms with Gasteiger partial charge in [0.1, 0.15) is 0 Å². The number of halogens is 2. The first kappa shape index (κ1) is 16.9. The standard InChI is InChI=1S/C21H14F2N4S/c1-12-20(28-11-25-12)21-26-17-4-2-3-5-19(17)27(21)10-13-6-7-24-18-9-16(23)15(22)8-14(13)18/h2-9,11H,10H2,1H3. The molecule has 0 aliphatic rings. The molecule has 0 atom stereocenters. The summed E-state index contributed by atoms with van der Waals surface area (Å²) in [6.07, 6.45) is 1.62. The van der Waals surface area contributed by atoms with Gasteiger partial charge in [-0.25, -0.2) is 18.7 Å². The lowest BCUT2D eigenvalue weighted by Gasteiger charge is -2.11. The van der Waals surface area contributed by atoms with Crippen LogP contribution >= 0.6 is 11.3 Å². The SMILES string of the molecule is Cc1ncsc1-c1nc2ccccc2n1Cc1ccnc2cc(F)c(F)cc12. The van der Waals surface area contributed by atoms with Crippen LogP contribution in [-0.2, 0) is 6.54 Å². The summed E-state index contributed by atoms with van der Waals surface area (Å²) in [6.45, 7) is 2.41. The van der Waals surface area contributed by atoms with Crippen molar-refractivity contribution < 1.29 is 8.78 Å². The van der Waals surface area contributed by atoms with Gasteiger partial charge in [-0.05, 0) is 36.8 Å². The second kappa shape index (κ2) is 6.45. The average molecular weight is 392 g/mol. The predicted molar refractivity (Wildman–Crippen MR) is 106 cm³/mol. The predicted octanol–water partition coefficient (Wildman–Crippen LogP) is 5.34. The molecule has 0 saturated heterocycles. The Morgan fingerprint density at radius 3 is 2.64 bits per heavy atom. The van der Waals surface area contributed by atoms with Crippen LogP contribution in [0.3, 0.4) is 0 Å². The minimum absolute atomic E-state index is 0.427. The molecule has 7 heteroatoms. The quantitative estimate of drug-likeness (QED) is 0.416. The number of hydrogen-bond acceptors (Lipinski definition) is 4. The van der Waals surface area contributed by atoms with E-state index in [0.717, 1.165) is 39.1 Å². The van der Waals surface area contributed by atoms with Crippen molar-refractivity contribution in [3.63, 3.8) is 0 Å². The Hall–Kier alpha value is -3.19. The molecule has 4 nitrogen and oxygen atoms in total. The summed E-state index contributed by atoms with van der Waals surface area (Å²) in [5.41, 5.74) is 5.83. The molecular weight excluding hydrogens is 378 g/mol. The van der Waals surface area contributed by atoms with E-state index in [4.69, 9.17) is 4.98 Å². The first-order valence-electron chi connectivity index (χ1n) is 8.70. The van der Waals surface area contributed by atoms with Gasteiger partial charge in [-0.2, -0.15) is 0 Å². The lowest BCUT2D eigenvalue weighted by Crippen LogP contribution is -2.04. The topological polar surface area (TPSA) is 43.6 Å². The highest BCUT2D eigenvalue weighted by Crippen LogP contribution is 2.31. The maximum atomic E-state index is 13.9. The number of benzene rings is 2. The molecule has 0 fully saturated rings. The number of aryl methyl sites for hydroxylation is 1. The maximum Gasteiger partial charge on any atom is 0.161 e. The third-order valence-electron chi connectivity index (χ3n) is 4.81. The van der Waals surface area contributed by atoms with Crippen LogP contribution in [0.5, 0.6) is 0 Å². The van der Waals surface area contributed by atoms with Gasteiger partial charge in [0.15, 0.2) is 17.5 Å². The molecule has 138 valence electrons. The molecule has 0 saturated carbocycles. The highest BCUT2D eigenvalue weighted by molar-refractivity contribution is 7.13. The molecule has 5 aromatic rings. The van der Waals surface area contributed by atoms with Crippen molar-refractivity contribution in [2.24, 2.45) is 0 Å². The number of rotatable bonds is 3. The van der Waals surface area contributed by atoms with E-state index in [1.54, 1.807) is 11.7 Å². The molecule has 3 heterocycles. The smallest absolute Gasteiger partial charge is 0.161 e. The largest absolute Gasteiger partial charge is 0.319 e. The molecule has 5 rings (SSSR count). The Morgan fingerprint density at radius 1 is 1.00 bits per heavy atom. The molecule has 0 aliphatic heterocycles. The first-order chi connectivity index (χ1) is 13.6. The highest BCUT2D eigenvalue weighted by atomic mass is 32.1. The van der Waals surface area contributed by atoms with Gasteiger partial charge >= 0.3 is 0 Å². The van der Waals surface area contributed by atoms with Gasteiger partial charge in [0, 0.05) is 17.6 Å². The van der Waals surface area contributed by atoms with Crippen molar-refractivity contribution in [3.8, 4) is 10.7 Å². The van der Waals surface area contributed by atoms with E-state index in [2.05, 4.69) is 14.5 Å². The Morgan fingerprint density at radius 2 is 1.82 bits per heavy atom. The Kier molecular flexibility index (Phi) is 3.91. The Balaban J connectivity index is 1.74. The average Bonchev–Trinajstić information content (AvgIpc) is 3.27. The fourth-order valence-electron chi connectivity index (χ4n) is 3.43. The number of imidazole rings is 1. The van der Waals surface area contributed by atoms with Crippen molar-refractivity contribution in [1.29, 1.82) is 0 Å². The molecule has 0 spiro atoms. The van der Waals surface area contributed by atoms with E-state index in [1.807, 2.05) is 37.3 Å². The van der Waals surface area contributed by atoms with Gasteiger partial charge in [-0.1, -0.05) is 12.1 Å². The van der Waals surface area contributed by atoms with Gasteiger partial charge in [-0.15, -0.1) is 11.3 Å². The fourth-order valence-corrected chi connectivity index (χ4v) is 4.23. The van der Waals surface area contributed by atoms with Crippen LogP contribution in [0.4, 0.5) is 8.78 Å². The van der Waals surface area contributed by atoms with Gasteiger partial charge in [0.05, 0.1) is 39.2 Å². The van der Waals surface area contributed by atoms with Crippen LogP contribution in [0.25, 0.3) is 32.6 Å². The Labute approximate surface area is 163 Å². The molecule has 28 heavy (non-hydrogen) atoms. The van der Waals surface area contributed by atoms with Crippen LogP contribution < -0.4 is 0 Å². The highest BCUT2D eigenvalue weighted by Gasteiger charge is 2.17. The number of para-hydroxylation sites is 2. The van der Waals surface area contributed by atoms with Crippen molar-refractivity contribution in [2.45, 2.75) is 13.5 Å². The van der Waals surface area contributed by atoms with Crippen LogP contribution in [0, 0.1) is 18.6 Å². The van der Waals surface area contributed by atoms with Crippen molar-refractivity contribution in [2.75, 3.05) is 0 Å². The summed E-state index contributed by atoms with van der Waals surface area (Å²) in [6, 6.07) is 12.1. The molecule has 0 aliphatic carbocycles.